The summed E-state index contributed by atoms with van der Waals surface area (Å²) in [5.41, 5.74) is 0.0481. The SMILES string of the molecule is Cc1cc(-c2nc(C)no2)cc(C(F)(F)F)c1. The van der Waals surface area contributed by atoms with Crippen LogP contribution in [-0.4, -0.2) is 10.1 Å². The third-order valence-electron chi connectivity index (χ3n) is 2.18. The standard InChI is InChI=1S/C11H9F3N2O/c1-6-3-8(10-15-7(2)16-17-10)5-9(4-6)11(12,13)14/h3-5H,1-2H3. The van der Waals surface area contributed by atoms with Gasteiger partial charge in [0.15, 0.2) is 5.82 Å². The third-order valence-corrected chi connectivity index (χ3v) is 2.18. The van der Waals surface area contributed by atoms with Gasteiger partial charge in [0, 0.05) is 5.56 Å². The van der Waals surface area contributed by atoms with Crippen molar-refractivity contribution in [3.8, 4) is 11.5 Å². The molecule has 0 radical (unpaired) electrons. The quantitative estimate of drug-likeness (QED) is 0.769. The predicted octanol–water partition coefficient (Wildman–Crippen LogP) is 3.37. The maximum atomic E-state index is 12.6. The normalized spacial score (nSPS) is 11.8. The minimum Gasteiger partial charge on any atom is -0.334 e. The minimum absolute atomic E-state index is 0.0942. The van der Waals surface area contributed by atoms with Crippen molar-refractivity contribution in [1.29, 1.82) is 0 Å². The molecular formula is C11H9F3N2O. The summed E-state index contributed by atoms with van der Waals surface area (Å²) in [6.07, 6.45) is -4.38. The van der Waals surface area contributed by atoms with Crippen molar-refractivity contribution >= 4 is 0 Å². The second-order valence-electron chi connectivity index (χ2n) is 3.73. The van der Waals surface area contributed by atoms with E-state index in [9.17, 15) is 13.2 Å². The summed E-state index contributed by atoms with van der Waals surface area (Å²) < 4.78 is 42.7. The van der Waals surface area contributed by atoms with Crippen LogP contribution in [0.3, 0.4) is 0 Å². The first-order valence-corrected chi connectivity index (χ1v) is 4.86. The van der Waals surface area contributed by atoms with Crippen molar-refractivity contribution in [3.63, 3.8) is 0 Å². The summed E-state index contributed by atoms with van der Waals surface area (Å²) in [5.74, 6) is 0.478. The number of alkyl halides is 3. The van der Waals surface area contributed by atoms with Gasteiger partial charge >= 0.3 is 6.18 Å². The second-order valence-corrected chi connectivity index (χ2v) is 3.73. The largest absolute Gasteiger partial charge is 0.416 e. The summed E-state index contributed by atoms with van der Waals surface area (Å²) in [5, 5.41) is 3.55. The number of rotatable bonds is 1. The van der Waals surface area contributed by atoms with Crippen molar-refractivity contribution in [2.75, 3.05) is 0 Å². The molecule has 3 nitrogen and oxygen atoms in total. The van der Waals surface area contributed by atoms with Crippen LogP contribution in [0.25, 0.3) is 11.5 Å². The molecule has 6 heteroatoms. The molecule has 0 unspecified atom stereocenters. The highest BCUT2D eigenvalue weighted by Gasteiger charge is 2.31. The lowest BCUT2D eigenvalue weighted by atomic mass is 10.1. The summed E-state index contributed by atoms with van der Waals surface area (Å²) in [7, 11) is 0. The van der Waals surface area contributed by atoms with Crippen molar-refractivity contribution in [3.05, 3.63) is 35.2 Å². The summed E-state index contributed by atoms with van der Waals surface area (Å²) in [4.78, 5) is 3.90. The van der Waals surface area contributed by atoms with E-state index in [2.05, 4.69) is 10.1 Å². The van der Waals surface area contributed by atoms with Crippen molar-refractivity contribution < 1.29 is 17.7 Å². The van der Waals surface area contributed by atoms with Crippen molar-refractivity contribution in [2.24, 2.45) is 0 Å². The van der Waals surface area contributed by atoms with Gasteiger partial charge in [0.05, 0.1) is 5.56 Å². The van der Waals surface area contributed by atoms with Gasteiger partial charge in [-0.25, -0.2) is 0 Å². The molecular weight excluding hydrogens is 233 g/mol. The van der Waals surface area contributed by atoms with Crippen LogP contribution in [0.4, 0.5) is 13.2 Å². The van der Waals surface area contributed by atoms with Crippen LogP contribution in [0.15, 0.2) is 22.7 Å². The van der Waals surface area contributed by atoms with Crippen LogP contribution in [0.1, 0.15) is 17.0 Å². The van der Waals surface area contributed by atoms with Crippen LogP contribution >= 0.6 is 0 Å². The summed E-state index contributed by atoms with van der Waals surface area (Å²) in [6, 6.07) is 3.65. The first kappa shape index (κ1) is 11.6. The van der Waals surface area contributed by atoms with Gasteiger partial charge in [-0.05, 0) is 37.6 Å². The Labute approximate surface area is 95.3 Å². The van der Waals surface area contributed by atoms with Gasteiger partial charge in [-0.15, -0.1) is 0 Å². The molecule has 0 saturated carbocycles. The molecule has 0 aliphatic carbocycles. The lowest BCUT2D eigenvalue weighted by molar-refractivity contribution is -0.137. The molecule has 0 aliphatic rings. The topological polar surface area (TPSA) is 38.9 Å². The zero-order valence-electron chi connectivity index (χ0n) is 9.17. The number of hydrogen-bond acceptors (Lipinski definition) is 3. The van der Waals surface area contributed by atoms with E-state index in [1.807, 2.05) is 0 Å². The molecule has 2 aromatic rings. The molecule has 2 rings (SSSR count). The summed E-state index contributed by atoms with van der Waals surface area (Å²) in [6.45, 7) is 3.19. The molecule has 0 N–H and O–H groups in total. The van der Waals surface area contributed by atoms with Crippen LogP contribution in [0.2, 0.25) is 0 Å². The highest BCUT2D eigenvalue weighted by molar-refractivity contribution is 5.56. The van der Waals surface area contributed by atoms with Crippen LogP contribution < -0.4 is 0 Å². The Hall–Kier alpha value is -1.85. The van der Waals surface area contributed by atoms with Gasteiger partial charge < -0.3 is 4.52 Å². The average Bonchev–Trinajstić information content (AvgIpc) is 2.62. The molecule has 0 fully saturated rings. The van der Waals surface area contributed by atoms with E-state index in [1.165, 1.54) is 0 Å². The van der Waals surface area contributed by atoms with E-state index in [0.29, 0.717) is 11.4 Å². The summed E-state index contributed by atoms with van der Waals surface area (Å²) >= 11 is 0. The zero-order valence-corrected chi connectivity index (χ0v) is 9.17. The van der Waals surface area contributed by atoms with E-state index >= 15 is 0 Å². The highest BCUT2D eigenvalue weighted by Crippen LogP contribution is 2.32. The van der Waals surface area contributed by atoms with Gasteiger partial charge in [-0.1, -0.05) is 5.16 Å². The molecule has 1 heterocycles. The number of aromatic nitrogens is 2. The Morgan fingerprint density at radius 1 is 1.12 bits per heavy atom. The van der Waals surface area contributed by atoms with E-state index in [4.69, 9.17) is 4.52 Å². The molecule has 0 amide bonds. The third kappa shape index (κ3) is 2.46. The highest BCUT2D eigenvalue weighted by atomic mass is 19.4. The molecule has 0 saturated heterocycles. The van der Waals surface area contributed by atoms with Crippen molar-refractivity contribution in [2.45, 2.75) is 20.0 Å². The number of benzene rings is 1. The average molecular weight is 242 g/mol. The zero-order chi connectivity index (χ0) is 12.6. The smallest absolute Gasteiger partial charge is 0.334 e. The molecule has 1 aromatic carbocycles. The first-order valence-electron chi connectivity index (χ1n) is 4.86. The maximum absolute atomic E-state index is 12.6. The Morgan fingerprint density at radius 2 is 1.82 bits per heavy atom. The fraction of sp³-hybridized carbons (Fsp3) is 0.273. The van der Waals surface area contributed by atoms with E-state index in [0.717, 1.165) is 12.1 Å². The minimum atomic E-state index is -4.38. The van der Waals surface area contributed by atoms with Crippen LogP contribution in [-0.2, 0) is 6.18 Å². The molecule has 17 heavy (non-hydrogen) atoms. The molecule has 0 aliphatic heterocycles. The predicted molar refractivity (Wildman–Crippen MR) is 54.2 cm³/mol. The number of aryl methyl sites for hydroxylation is 2. The Balaban J connectivity index is 2.52. The monoisotopic (exact) mass is 242 g/mol. The lowest BCUT2D eigenvalue weighted by Gasteiger charge is -2.08. The second kappa shape index (κ2) is 3.87. The van der Waals surface area contributed by atoms with Crippen LogP contribution in [0, 0.1) is 13.8 Å². The fourth-order valence-corrected chi connectivity index (χ4v) is 1.48. The molecule has 1 aromatic heterocycles. The van der Waals surface area contributed by atoms with Gasteiger partial charge in [0.1, 0.15) is 0 Å². The van der Waals surface area contributed by atoms with E-state index < -0.39 is 11.7 Å². The Kier molecular flexibility index (Phi) is 2.65. The molecule has 0 atom stereocenters. The van der Waals surface area contributed by atoms with Gasteiger partial charge in [-0.2, -0.15) is 18.2 Å². The molecule has 0 spiro atoms. The number of nitrogens with zero attached hydrogens (tertiary/aromatic N) is 2. The van der Waals surface area contributed by atoms with Crippen LogP contribution in [0.5, 0.6) is 0 Å². The Morgan fingerprint density at radius 3 is 2.35 bits per heavy atom. The Bertz CT molecular complexity index is 546. The fourth-order valence-electron chi connectivity index (χ4n) is 1.48. The van der Waals surface area contributed by atoms with E-state index in [1.54, 1.807) is 19.9 Å². The first-order chi connectivity index (χ1) is 7.86. The number of halogens is 3. The van der Waals surface area contributed by atoms with Gasteiger partial charge in [-0.3, -0.25) is 0 Å². The molecule has 90 valence electrons. The van der Waals surface area contributed by atoms with E-state index in [-0.39, 0.29) is 11.5 Å². The molecule has 0 bridgehead atoms. The van der Waals surface area contributed by atoms with Gasteiger partial charge in [0.2, 0.25) is 0 Å². The number of hydrogen-bond donors (Lipinski definition) is 0. The maximum Gasteiger partial charge on any atom is 0.416 e. The van der Waals surface area contributed by atoms with Crippen molar-refractivity contribution in [1.82, 2.24) is 10.1 Å². The lowest BCUT2D eigenvalue weighted by Crippen LogP contribution is -2.05. The van der Waals surface area contributed by atoms with Gasteiger partial charge in [0.25, 0.3) is 5.89 Å².